The summed E-state index contributed by atoms with van der Waals surface area (Å²) in [5, 5.41) is 3.07. The number of fused-ring (bicyclic) bond motifs is 2. The van der Waals surface area contributed by atoms with Gasteiger partial charge in [0.15, 0.2) is 23.0 Å². The second-order valence-electron chi connectivity index (χ2n) is 8.20. The topological polar surface area (TPSA) is 95.8 Å². The van der Waals surface area contributed by atoms with Gasteiger partial charge in [-0.1, -0.05) is 11.2 Å². The van der Waals surface area contributed by atoms with Gasteiger partial charge < -0.3 is 9.42 Å². The van der Waals surface area contributed by atoms with Gasteiger partial charge in [0, 0.05) is 18.2 Å². The van der Waals surface area contributed by atoms with E-state index in [0.29, 0.717) is 22.1 Å². The molecule has 2 saturated heterocycles. The Kier molecular flexibility index (Phi) is 5.07. The highest BCUT2D eigenvalue weighted by atomic mass is 32.2. The predicted octanol–water partition coefficient (Wildman–Crippen LogP) is 3.23. The molecule has 35 heavy (non-hydrogen) atoms. The van der Waals surface area contributed by atoms with Crippen LogP contribution in [0.2, 0.25) is 0 Å². The zero-order chi connectivity index (χ0) is 25.4. The molecule has 8 nitrogen and oxygen atoms in total. The van der Waals surface area contributed by atoms with Gasteiger partial charge in [-0.15, -0.1) is 0 Å². The first kappa shape index (κ1) is 23.4. The van der Waals surface area contributed by atoms with Crippen LogP contribution >= 0.6 is 0 Å². The molecule has 186 valence electrons. The van der Waals surface area contributed by atoms with Crippen LogP contribution in [0.15, 0.2) is 28.8 Å². The third-order valence-electron chi connectivity index (χ3n) is 5.96. The third kappa shape index (κ3) is 3.52. The number of halogens is 6. The molecule has 3 heterocycles. The zero-order valence-corrected chi connectivity index (χ0v) is 18.3. The number of rotatable bonds is 4. The first-order valence-corrected chi connectivity index (χ1v) is 11.9. The summed E-state index contributed by atoms with van der Waals surface area (Å²) in [4.78, 5) is 14.4. The molecule has 0 radical (unpaired) electrons. The first-order chi connectivity index (χ1) is 16.3. The number of hydrogen-bond donors (Lipinski definition) is 1. The van der Waals surface area contributed by atoms with Crippen LogP contribution < -0.4 is 9.62 Å². The van der Waals surface area contributed by atoms with Crippen molar-refractivity contribution in [3.05, 3.63) is 47.5 Å². The molecule has 0 unspecified atom stereocenters. The number of carbonyl (C=O) groups excluding carboxylic acids is 1. The fourth-order valence-electron chi connectivity index (χ4n) is 4.47. The second kappa shape index (κ2) is 7.58. The van der Waals surface area contributed by atoms with Crippen molar-refractivity contribution in [3.8, 4) is 11.1 Å². The zero-order valence-electron chi connectivity index (χ0n) is 17.5. The highest BCUT2D eigenvalue weighted by Gasteiger charge is 2.63. The number of alkyl halides is 2. The van der Waals surface area contributed by atoms with Crippen molar-refractivity contribution in [2.24, 2.45) is 0 Å². The van der Waals surface area contributed by atoms with Crippen molar-refractivity contribution < 1.29 is 44.1 Å². The minimum absolute atomic E-state index is 0.486. The molecule has 0 spiro atoms. The van der Waals surface area contributed by atoms with Crippen LogP contribution in [0.1, 0.15) is 0 Å². The lowest BCUT2D eigenvalue weighted by Gasteiger charge is -2.23. The van der Waals surface area contributed by atoms with E-state index in [1.807, 2.05) is 0 Å². The number of anilines is 1. The minimum Gasteiger partial charge on any atom is -0.354 e. The molecule has 2 aliphatic rings. The van der Waals surface area contributed by atoms with Gasteiger partial charge in [-0.05, 0) is 12.1 Å². The van der Waals surface area contributed by atoms with E-state index >= 15 is 0 Å². The van der Waals surface area contributed by atoms with Crippen LogP contribution in [0.5, 0.6) is 0 Å². The standard InChI is InChI=1S/C20H14F6N4O4S/c1-35(32,33)28-12-6-29-13(20(12,25)26)7-30(19(29)31)18-15-11(34-27-18)5-10(23)17(24)16(15)14-8(21)3-2-4-9(14)22/h2-5,12-13,28H,6-7H2,1H3/t12-,13-/m1/s1. The summed E-state index contributed by atoms with van der Waals surface area (Å²) in [7, 11) is -4.02. The Morgan fingerprint density at radius 3 is 2.34 bits per heavy atom. The minimum atomic E-state index is -4.02. The van der Waals surface area contributed by atoms with Gasteiger partial charge in [-0.2, -0.15) is 0 Å². The molecule has 15 heteroatoms. The maximum atomic E-state index is 15.0. The number of nitrogens with one attached hydrogen (secondary N) is 1. The summed E-state index contributed by atoms with van der Waals surface area (Å²) in [6.07, 6.45) is 0.694. The number of sulfonamides is 1. The van der Waals surface area contributed by atoms with Gasteiger partial charge in [0.05, 0.1) is 23.8 Å². The SMILES string of the molecule is CS(=O)(=O)N[C@@H]1CN2C(=O)N(c3noc4cc(F)c(F)c(-c5c(F)cccc5F)c34)C[C@@H]2C1(F)F. The van der Waals surface area contributed by atoms with Crippen molar-refractivity contribution >= 4 is 32.8 Å². The molecule has 1 N–H and O–H groups in total. The molecule has 0 bridgehead atoms. The normalized spacial score (nSPS) is 21.9. The quantitative estimate of drug-likeness (QED) is 0.533. The van der Waals surface area contributed by atoms with E-state index in [0.717, 1.165) is 18.2 Å². The van der Waals surface area contributed by atoms with Gasteiger partial charge in [0.1, 0.15) is 23.7 Å². The molecule has 0 aliphatic carbocycles. The molecule has 2 fully saturated rings. The molecule has 0 saturated carbocycles. The molecule has 2 aliphatic heterocycles. The van der Waals surface area contributed by atoms with Crippen LogP contribution in [0, 0.1) is 23.3 Å². The van der Waals surface area contributed by atoms with Gasteiger partial charge in [0.25, 0.3) is 5.92 Å². The van der Waals surface area contributed by atoms with Crippen molar-refractivity contribution in [3.63, 3.8) is 0 Å². The molecule has 2 atom stereocenters. The number of hydrogen-bond acceptors (Lipinski definition) is 5. The van der Waals surface area contributed by atoms with Crippen LogP contribution in [0.25, 0.3) is 22.1 Å². The van der Waals surface area contributed by atoms with Crippen molar-refractivity contribution in [2.45, 2.75) is 18.0 Å². The summed E-state index contributed by atoms with van der Waals surface area (Å²) < 4.78 is 118. The lowest BCUT2D eigenvalue weighted by atomic mass is 9.99. The smallest absolute Gasteiger partial charge is 0.326 e. The highest BCUT2D eigenvalue weighted by molar-refractivity contribution is 7.88. The summed E-state index contributed by atoms with van der Waals surface area (Å²) in [5.74, 6) is -9.95. The van der Waals surface area contributed by atoms with E-state index in [-0.39, 0.29) is 0 Å². The van der Waals surface area contributed by atoms with Crippen molar-refractivity contribution in [1.29, 1.82) is 0 Å². The Labute approximate surface area is 193 Å². The van der Waals surface area contributed by atoms with Gasteiger partial charge in [-0.3, -0.25) is 4.90 Å². The Morgan fingerprint density at radius 1 is 1.09 bits per heavy atom. The van der Waals surface area contributed by atoms with Gasteiger partial charge in [-0.25, -0.2) is 44.3 Å². The summed E-state index contributed by atoms with van der Waals surface area (Å²) in [5.41, 5.74) is -2.39. The van der Waals surface area contributed by atoms with Crippen LogP contribution in [0.3, 0.4) is 0 Å². The number of nitrogens with zero attached hydrogens (tertiary/aromatic N) is 3. The van der Waals surface area contributed by atoms with E-state index in [1.54, 1.807) is 4.72 Å². The average Bonchev–Trinajstić information content (AvgIpc) is 3.37. The number of benzene rings is 2. The number of urea groups is 1. The van der Waals surface area contributed by atoms with Crippen LogP contribution in [0.4, 0.5) is 37.0 Å². The molecule has 2 aromatic carbocycles. The van der Waals surface area contributed by atoms with Crippen molar-refractivity contribution in [1.82, 2.24) is 14.8 Å². The lowest BCUT2D eigenvalue weighted by Crippen LogP contribution is -2.50. The maximum Gasteiger partial charge on any atom is 0.326 e. The maximum absolute atomic E-state index is 15.0. The van der Waals surface area contributed by atoms with Crippen LogP contribution in [-0.4, -0.2) is 61.9 Å². The largest absolute Gasteiger partial charge is 0.354 e. The average molecular weight is 520 g/mol. The van der Waals surface area contributed by atoms with E-state index in [2.05, 4.69) is 5.16 Å². The monoisotopic (exact) mass is 520 g/mol. The summed E-state index contributed by atoms with van der Waals surface area (Å²) in [6, 6.07) is -1.61. The molecule has 1 aromatic heterocycles. The number of aromatic nitrogens is 1. The first-order valence-electron chi connectivity index (χ1n) is 9.96. The molecule has 3 aromatic rings. The van der Waals surface area contributed by atoms with Crippen LogP contribution in [-0.2, 0) is 10.0 Å². The van der Waals surface area contributed by atoms with Gasteiger partial charge in [0.2, 0.25) is 10.0 Å². The Hall–Kier alpha value is -3.33. The van der Waals surface area contributed by atoms with E-state index < -0.39 is 98.3 Å². The lowest BCUT2D eigenvalue weighted by molar-refractivity contribution is -0.0324. The third-order valence-corrected chi connectivity index (χ3v) is 6.67. The number of carbonyl (C=O) groups is 1. The Bertz CT molecular complexity index is 1470. The molecule has 2 amide bonds. The Morgan fingerprint density at radius 2 is 1.74 bits per heavy atom. The summed E-state index contributed by atoms with van der Waals surface area (Å²) >= 11 is 0. The van der Waals surface area contributed by atoms with Crippen molar-refractivity contribution in [2.75, 3.05) is 24.2 Å². The Balaban J connectivity index is 1.63. The van der Waals surface area contributed by atoms with E-state index in [9.17, 15) is 39.6 Å². The fraction of sp³-hybridized carbons (Fsp3) is 0.300. The second-order valence-corrected chi connectivity index (χ2v) is 9.98. The molecule has 5 rings (SSSR count). The van der Waals surface area contributed by atoms with E-state index in [1.165, 1.54) is 0 Å². The predicted molar refractivity (Wildman–Crippen MR) is 109 cm³/mol. The van der Waals surface area contributed by atoms with E-state index in [4.69, 9.17) is 4.52 Å². The van der Waals surface area contributed by atoms with Gasteiger partial charge >= 0.3 is 6.03 Å². The number of amides is 2. The molecular formula is C20H14F6N4O4S. The fourth-order valence-corrected chi connectivity index (χ4v) is 5.21. The summed E-state index contributed by atoms with van der Waals surface area (Å²) in [6.45, 7) is -1.43. The highest BCUT2D eigenvalue weighted by Crippen LogP contribution is 2.45. The molecular weight excluding hydrogens is 506 g/mol.